The van der Waals surface area contributed by atoms with E-state index in [1.807, 2.05) is 17.0 Å². The average Bonchev–Trinajstić information content (AvgIpc) is 3.14. The molecule has 1 fully saturated rings. The SMILES string of the molecule is CN=C(NCCCc1ccc(Cl)cc1)NC1CCN(c2ncccc2F)C1. The summed E-state index contributed by atoms with van der Waals surface area (Å²) in [5.41, 5.74) is 1.27. The summed E-state index contributed by atoms with van der Waals surface area (Å²) in [4.78, 5) is 10.4. The molecule has 0 amide bonds. The Morgan fingerprint density at radius 2 is 2.15 bits per heavy atom. The fourth-order valence-corrected chi connectivity index (χ4v) is 3.34. The Kier molecular flexibility index (Phi) is 6.87. The Labute approximate surface area is 164 Å². The smallest absolute Gasteiger partial charge is 0.191 e. The lowest BCUT2D eigenvalue weighted by Gasteiger charge is -2.20. The van der Waals surface area contributed by atoms with Gasteiger partial charge in [0.2, 0.25) is 0 Å². The number of aromatic nitrogens is 1. The highest BCUT2D eigenvalue weighted by atomic mass is 35.5. The van der Waals surface area contributed by atoms with Crippen LogP contribution >= 0.6 is 11.6 Å². The molecule has 0 saturated carbocycles. The number of pyridine rings is 1. The molecule has 144 valence electrons. The molecule has 0 spiro atoms. The number of nitrogens with zero attached hydrogens (tertiary/aromatic N) is 3. The van der Waals surface area contributed by atoms with Crippen molar-refractivity contribution in [1.82, 2.24) is 15.6 Å². The molecule has 0 bridgehead atoms. The molecular formula is C20H25ClFN5. The number of guanidine groups is 1. The number of rotatable bonds is 6. The van der Waals surface area contributed by atoms with Crippen molar-refractivity contribution in [3.05, 3.63) is 59.0 Å². The van der Waals surface area contributed by atoms with E-state index in [1.54, 1.807) is 19.3 Å². The minimum atomic E-state index is -0.275. The maximum atomic E-state index is 13.9. The Morgan fingerprint density at radius 3 is 2.89 bits per heavy atom. The van der Waals surface area contributed by atoms with Gasteiger partial charge in [-0.3, -0.25) is 4.99 Å². The third-order valence-corrected chi connectivity index (χ3v) is 4.89. The molecule has 1 atom stereocenters. The van der Waals surface area contributed by atoms with Gasteiger partial charge in [-0.15, -0.1) is 0 Å². The molecule has 27 heavy (non-hydrogen) atoms. The third-order valence-electron chi connectivity index (χ3n) is 4.64. The fraction of sp³-hybridized carbons (Fsp3) is 0.400. The minimum absolute atomic E-state index is 0.217. The van der Waals surface area contributed by atoms with Crippen molar-refractivity contribution >= 4 is 23.4 Å². The van der Waals surface area contributed by atoms with Crippen LogP contribution in [0.3, 0.4) is 0 Å². The van der Waals surface area contributed by atoms with Crippen LogP contribution in [0, 0.1) is 5.82 Å². The summed E-state index contributed by atoms with van der Waals surface area (Å²) in [6.45, 7) is 2.31. The highest BCUT2D eigenvalue weighted by molar-refractivity contribution is 6.30. The van der Waals surface area contributed by atoms with Gasteiger partial charge in [0.05, 0.1) is 0 Å². The maximum absolute atomic E-state index is 13.9. The molecule has 1 saturated heterocycles. The van der Waals surface area contributed by atoms with E-state index in [2.05, 4.69) is 32.7 Å². The second-order valence-corrected chi connectivity index (χ2v) is 7.05. The Hall–Kier alpha value is -2.34. The number of halogens is 2. The largest absolute Gasteiger partial charge is 0.356 e. The van der Waals surface area contributed by atoms with Crippen molar-refractivity contribution in [3.63, 3.8) is 0 Å². The van der Waals surface area contributed by atoms with Gasteiger partial charge in [-0.25, -0.2) is 9.37 Å². The van der Waals surface area contributed by atoms with Crippen LogP contribution in [0.25, 0.3) is 0 Å². The predicted octanol–water partition coefficient (Wildman–Crippen LogP) is 3.25. The van der Waals surface area contributed by atoms with E-state index in [0.717, 1.165) is 43.3 Å². The lowest BCUT2D eigenvalue weighted by atomic mass is 10.1. The molecule has 0 radical (unpaired) electrons. The van der Waals surface area contributed by atoms with Crippen molar-refractivity contribution in [2.45, 2.75) is 25.3 Å². The van der Waals surface area contributed by atoms with Gasteiger partial charge < -0.3 is 15.5 Å². The van der Waals surface area contributed by atoms with Gasteiger partial charge in [0, 0.05) is 43.9 Å². The first-order valence-electron chi connectivity index (χ1n) is 9.23. The molecule has 3 rings (SSSR count). The lowest BCUT2D eigenvalue weighted by molar-refractivity contribution is 0.612. The maximum Gasteiger partial charge on any atom is 0.191 e. The van der Waals surface area contributed by atoms with Gasteiger partial charge in [0.1, 0.15) is 0 Å². The molecule has 1 aliphatic rings. The number of aliphatic imine (C=N–C) groups is 1. The molecule has 1 aromatic carbocycles. The summed E-state index contributed by atoms with van der Waals surface area (Å²) in [5, 5.41) is 7.53. The van der Waals surface area contributed by atoms with E-state index in [0.29, 0.717) is 12.4 Å². The molecular weight excluding hydrogens is 365 g/mol. The van der Waals surface area contributed by atoms with Crippen LogP contribution < -0.4 is 15.5 Å². The number of hydrogen-bond donors (Lipinski definition) is 2. The Balaban J connectivity index is 1.41. The van der Waals surface area contributed by atoms with E-state index in [9.17, 15) is 4.39 Å². The highest BCUT2D eigenvalue weighted by Gasteiger charge is 2.25. The molecule has 2 heterocycles. The molecule has 2 aromatic rings. The Morgan fingerprint density at radius 1 is 1.33 bits per heavy atom. The van der Waals surface area contributed by atoms with Crippen LogP contribution in [0.1, 0.15) is 18.4 Å². The quantitative estimate of drug-likeness (QED) is 0.452. The van der Waals surface area contributed by atoms with Crippen LogP contribution in [0.4, 0.5) is 10.2 Å². The minimum Gasteiger partial charge on any atom is -0.356 e. The number of hydrogen-bond acceptors (Lipinski definition) is 3. The summed E-state index contributed by atoms with van der Waals surface area (Å²) < 4.78 is 13.9. The zero-order valence-corrected chi connectivity index (χ0v) is 16.2. The summed E-state index contributed by atoms with van der Waals surface area (Å²) in [6.07, 6.45) is 4.53. The summed E-state index contributed by atoms with van der Waals surface area (Å²) >= 11 is 5.91. The Bertz CT molecular complexity index is 765. The fourth-order valence-electron chi connectivity index (χ4n) is 3.22. The van der Waals surface area contributed by atoms with Gasteiger partial charge >= 0.3 is 0 Å². The standard InChI is InChI=1S/C20H25ClFN5/c1-23-20(25-12-2-4-15-6-8-16(21)9-7-15)26-17-10-13-27(14-17)19-18(22)5-3-11-24-19/h3,5-9,11,17H,2,4,10,12-14H2,1H3,(H2,23,25,26). The van der Waals surface area contributed by atoms with Gasteiger partial charge in [-0.2, -0.15) is 0 Å². The summed E-state index contributed by atoms with van der Waals surface area (Å²) in [7, 11) is 1.76. The predicted molar refractivity (Wildman–Crippen MR) is 109 cm³/mol. The second-order valence-electron chi connectivity index (χ2n) is 6.61. The first kappa shape index (κ1) is 19.4. The first-order valence-corrected chi connectivity index (χ1v) is 9.60. The number of nitrogens with one attached hydrogen (secondary N) is 2. The van der Waals surface area contributed by atoms with Gasteiger partial charge in [0.15, 0.2) is 17.6 Å². The van der Waals surface area contributed by atoms with Gasteiger partial charge in [-0.1, -0.05) is 23.7 Å². The van der Waals surface area contributed by atoms with Crippen molar-refractivity contribution in [2.24, 2.45) is 4.99 Å². The van der Waals surface area contributed by atoms with Crippen molar-refractivity contribution in [3.8, 4) is 0 Å². The van der Waals surface area contributed by atoms with Crippen molar-refractivity contribution in [2.75, 3.05) is 31.6 Å². The zero-order valence-electron chi connectivity index (χ0n) is 15.5. The number of benzene rings is 1. The molecule has 5 nitrogen and oxygen atoms in total. The molecule has 1 aromatic heterocycles. The van der Waals surface area contributed by atoms with Gasteiger partial charge in [0.25, 0.3) is 0 Å². The molecule has 1 unspecified atom stereocenters. The van der Waals surface area contributed by atoms with E-state index in [4.69, 9.17) is 11.6 Å². The lowest BCUT2D eigenvalue weighted by Crippen LogP contribution is -2.45. The van der Waals surface area contributed by atoms with Crippen LogP contribution in [0.2, 0.25) is 5.02 Å². The normalized spacial score (nSPS) is 17.2. The van der Waals surface area contributed by atoms with Gasteiger partial charge in [-0.05, 0) is 49.1 Å². The summed E-state index contributed by atoms with van der Waals surface area (Å²) in [6, 6.07) is 11.2. The van der Waals surface area contributed by atoms with Crippen LogP contribution in [-0.4, -0.2) is 43.7 Å². The average molecular weight is 390 g/mol. The second kappa shape index (κ2) is 9.55. The molecule has 1 aliphatic heterocycles. The number of aryl methyl sites for hydroxylation is 1. The topological polar surface area (TPSA) is 52.6 Å². The van der Waals surface area contributed by atoms with Crippen molar-refractivity contribution in [1.29, 1.82) is 0 Å². The monoisotopic (exact) mass is 389 g/mol. The van der Waals surface area contributed by atoms with E-state index < -0.39 is 0 Å². The highest BCUT2D eigenvalue weighted by Crippen LogP contribution is 2.20. The molecule has 2 N–H and O–H groups in total. The third kappa shape index (κ3) is 5.57. The van der Waals surface area contributed by atoms with E-state index in [1.165, 1.54) is 11.6 Å². The zero-order chi connectivity index (χ0) is 19.1. The first-order chi connectivity index (χ1) is 13.2. The number of anilines is 1. The van der Waals surface area contributed by atoms with Crippen LogP contribution in [-0.2, 0) is 6.42 Å². The van der Waals surface area contributed by atoms with Crippen molar-refractivity contribution < 1.29 is 4.39 Å². The summed E-state index contributed by atoms with van der Waals surface area (Å²) in [5.74, 6) is 0.926. The van der Waals surface area contributed by atoms with E-state index in [-0.39, 0.29) is 11.9 Å². The van der Waals surface area contributed by atoms with Crippen LogP contribution in [0.5, 0.6) is 0 Å². The van der Waals surface area contributed by atoms with Crippen LogP contribution in [0.15, 0.2) is 47.6 Å². The molecule has 7 heteroatoms. The van der Waals surface area contributed by atoms with E-state index >= 15 is 0 Å². The molecule has 0 aliphatic carbocycles.